The van der Waals surface area contributed by atoms with E-state index in [-0.39, 0.29) is 17.5 Å². The third kappa shape index (κ3) is 4.51. The molecule has 1 heterocycles. The Morgan fingerprint density at radius 2 is 2.00 bits per heavy atom. The molecule has 5 nitrogen and oxygen atoms in total. The molecule has 0 aromatic heterocycles. The quantitative estimate of drug-likeness (QED) is 0.726. The van der Waals surface area contributed by atoms with Gasteiger partial charge in [0.25, 0.3) is 0 Å². The van der Waals surface area contributed by atoms with Gasteiger partial charge < -0.3 is 10.1 Å². The molecule has 1 rings (SSSR count). The van der Waals surface area contributed by atoms with Crippen LogP contribution in [0.4, 0.5) is 4.79 Å². The first-order chi connectivity index (χ1) is 6.68. The Kier molecular flexibility index (Phi) is 3.28. The van der Waals surface area contributed by atoms with Crippen molar-refractivity contribution in [3.05, 3.63) is 0 Å². The largest absolute Gasteiger partial charge is 0.444 e. The van der Waals surface area contributed by atoms with Crippen LogP contribution in [-0.4, -0.2) is 37.7 Å². The Hall–Kier alpha value is -0.780. The van der Waals surface area contributed by atoms with Crippen molar-refractivity contribution in [3.63, 3.8) is 0 Å². The minimum atomic E-state index is -2.96. The summed E-state index contributed by atoms with van der Waals surface area (Å²) in [5.41, 5.74) is -0.554. The van der Waals surface area contributed by atoms with Crippen LogP contribution >= 0.6 is 0 Å². The molecule has 6 heteroatoms. The molecule has 1 saturated heterocycles. The Morgan fingerprint density at radius 1 is 1.40 bits per heavy atom. The zero-order valence-corrected chi connectivity index (χ0v) is 10.1. The number of ether oxygens (including phenoxy) is 1. The number of alkyl carbamates (subject to hydrolysis) is 1. The lowest BCUT2D eigenvalue weighted by Gasteiger charge is -2.21. The van der Waals surface area contributed by atoms with Gasteiger partial charge in [0.15, 0.2) is 9.84 Å². The molecule has 0 aliphatic carbocycles. The molecule has 1 fully saturated rings. The molecule has 1 amide bonds. The van der Waals surface area contributed by atoms with Crippen LogP contribution < -0.4 is 5.32 Å². The summed E-state index contributed by atoms with van der Waals surface area (Å²) in [6.45, 7) is 5.29. The fourth-order valence-electron chi connectivity index (χ4n) is 1.38. The standard InChI is InChI=1S/C9H17NO4S/c1-9(2,3)14-8(11)10-7-4-5-15(12,13)6-7/h7H,4-6H2,1-3H3,(H,10,11). The molecule has 0 aromatic carbocycles. The number of carbonyl (C=O) groups is 1. The van der Waals surface area contributed by atoms with Crippen LogP contribution in [0, 0.1) is 0 Å². The fourth-order valence-corrected chi connectivity index (χ4v) is 3.06. The summed E-state index contributed by atoms with van der Waals surface area (Å²) in [6.07, 6.45) is -0.0775. The average molecular weight is 235 g/mol. The van der Waals surface area contributed by atoms with E-state index in [2.05, 4.69) is 5.32 Å². The third-order valence-corrected chi connectivity index (χ3v) is 3.72. The summed E-state index contributed by atoms with van der Waals surface area (Å²) in [5, 5.41) is 2.55. The Bertz CT molecular complexity index is 342. The minimum Gasteiger partial charge on any atom is -0.444 e. The van der Waals surface area contributed by atoms with Crippen molar-refractivity contribution in [1.29, 1.82) is 0 Å². The summed E-state index contributed by atoms with van der Waals surface area (Å²) in [6, 6.07) is -0.301. The van der Waals surface area contributed by atoms with Gasteiger partial charge in [-0.15, -0.1) is 0 Å². The van der Waals surface area contributed by atoms with Crippen molar-refractivity contribution in [2.45, 2.75) is 38.8 Å². The lowest BCUT2D eigenvalue weighted by molar-refractivity contribution is 0.0510. The normalized spacial score (nSPS) is 24.9. The monoisotopic (exact) mass is 235 g/mol. The molecule has 1 unspecified atom stereocenters. The second kappa shape index (κ2) is 4.00. The van der Waals surface area contributed by atoms with E-state index in [1.807, 2.05) is 0 Å². The predicted octanol–water partition coefficient (Wildman–Crippen LogP) is 0.698. The van der Waals surface area contributed by atoms with Crippen molar-refractivity contribution in [2.75, 3.05) is 11.5 Å². The van der Waals surface area contributed by atoms with Crippen molar-refractivity contribution < 1.29 is 17.9 Å². The van der Waals surface area contributed by atoms with Crippen LogP contribution in [0.25, 0.3) is 0 Å². The maximum atomic E-state index is 11.3. The highest BCUT2D eigenvalue weighted by Crippen LogP contribution is 2.12. The van der Waals surface area contributed by atoms with Gasteiger partial charge in [-0.3, -0.25) is 0 Å². The van der Waals surface area contributed by atoms with Crippen LogP contribution in [0.2, 0.25) is 0 Å². The van der Waals surface area contributed by atoms with Gasteiger partial charge in [0.2, 0.25) is 0 Å². The maximum Gasteiger partial charge on any atom is 0.407 e. The molecule has 1 aliphatic rings. The fraction of sp³-hybridized carbons (Fsp3) is 0.889. The molecule has 0 bridgehead atoms. The van der Waals surface area contributed by atoms with Gasteiger partial charge in [0, 0.05) is 6.04 Å². The SMILES string of the molecule is CC(C)(C)OC(=O)NC1CCS(=O)(=O)C1. The number of amides is 1. The highest BCUT2D eigenvalue weighted by molar-refractivity contribution is 7.91. The number of carbonyl (C=O) groups excluding carboxylic acids is 1. The van der Waals surface area contributed by atoms with E-state index in [9.17, 15) is 13.2 Å². The van der Waals surface area contributed by atoms with Crippen molar-refractivity contribution in [3.8, 4) is 0 Å². The highest BCUT2D eigenvalue weighted by Gasteiger charge is 2.30. The average Bonchev–Trinajstić information content (AvgIpc) is 2.25. The molecule has 0 aromatic rings. The molecular weight excluding hydrogens is 218 g/mol. The summed E-state index contributed by atoms with van der Waals surface area (Å²) in [4.78, 5) is 11.3. The Balaban J connectivity index is 2.41. The first-order valence-corrected chi connectivity index (χ1v) is 6.70. The number of hydrogen-bond donors (Lipinski definition) is 1. The number of rotatable bonds is 1. The van der Waals surface area contributed by atoms with Crippen molar-refractivity contribution >= 4 is 15.9 Å². The first-order valence-electron chi connectivity index (χ1n) is 4.88. The molecule has 1 aliphatic heterocycles. The zero-order chi connectivity index (χ0) is 11.7. The summed E-state index contributed by atoms with van der Waals surface area (Å²) < 4.78 is 27.3. The number of sulfone groups is 1. The summed E-state index contributed by atoms with van der Waals surface area (Å²) in [5.74, 6) is 0.166. The first kappa shape index (κ1) is 12.3. The van der Waals surface area contributed by atoms with Crippen LogP contribution in [0.1, 0.15) is 27.2 Å². The molecule has 1 N–H and O–H groups in total. The smallest absolute Gasteiger partial charge is 0.407 e. The van der Waals surface area contributed by atoms with Gasteiger partial charge in [-0.1, -0.05) is 0 Å². The van der Waals surface area contributed by atoms with Gasteiger partial charge >= 0.3 is 6.09 Å². The van der Waals surface area contributed by atoms with Gasteiger partial charge in [0.05, 0.1) is 11.5 Å². The molecule has 0 saturated carbocycles. The summed E-state index contributed by atoms with van der Waals surface area (Å²) in [7, 11) is -2.96. The molecule has 0 radical (unpaired) electrons. The predicted molar refractivity (Wildman–Crippen MR) is 56.4 cm³/mol. The van der Waals surface area contributed by atoms with E-state index in [1.54, 1.807) is 20.8 Å². The van der Waals surface area contributed by atoms with E-state index in [0.29, 0.717) is 6.42 Å². The van der Waals surface area contributed by atoms with E-state index >= 15 is 0 Å². The lowest BCUT2D eigenvalue weighted by atomic mass is 10.2. The summed E-state index contributed by atoms with van der Waals surface area (Å²) >= 11 is 0. The molecule has 1 atom stereocenters. The van der Waals surface area contributed by atoms with Crippen molar-refractivity contribution in [2.24, 2.45) is 0 Å². The van der Waals surface area contributed by atoms with Gasteiger partial charge in [-0.2, -0.15) is 0 Å². The lowest BCUT2D eigenvalue weighted by Crippen LogP contribution is -2.39. The van der Waals surface area contributed by atoms with E-state index in [0.717, 1.165) is 0 Å². The topological polar surface area (TPSA) is 72.5 Å². The van der Waals surface area contributed by atoms with Crippen LogP contribution in [-0.2, 0) is 14.6 Å². The van der Waals surface area contributed by atoms with Crippen LogP contribution in [0.5, 0.6) is 0 Å². The Morgan fingerprint density at radius 3 is 2.40 bits per heavy atom. The van der Waals surface area contributed by atoms with Gasteiger partial charge in [0.1, 0.15) is 5.60 Å². The minimum absolute atomic E-state index is 0.0201. The van der Waals surface area contributed by atoms with Gasteiger partial charge in [-0.05, 0) is 27.2 Å². The van der Waals surface area contributed by atoms with E-state index in [1.165, 1.54) is 0 Å². The second-order valence-electron chi connectivity index (χ2n) is 4.75. The number of hydrogen-bond acceptors (Lipinski definition) is 4. The highest BCUT2D eigenvalue weighted by atomic mass is 32.2. The third-order valence-electron chi connectivity index (χ3n) is 1.95. The van der Waals surface area contributed by atoms with Crippen molar-refractivity contribution in [1.82, 2.24) is 5.32 Å². The number of nitrogens with one attached hydrogen (secondary N) is 1. The van der Waals surface area contributed by atoms with Gasteiger partial charge in [-0.25, -0.2) is 13.2 Å². The van der Waals surface area contributed by atoms with Crippen LogP contribution in [0.3, 0.4) is 0 Å². The molecule has 0 spiro atoms. The second-order valence-corrected chi connectivity index (χ2v) is 6.97. The molecule has 15 heavy (non-hydrogen) atoms. The Labute approximate surface area is 90.1 Å². The zero-order valence-electron chi connectivity index (χ0n) is 9.24. The van der Waals surface area contributed by atoms with E-state index in [4.69, 9.17) is 4.74 Å². The maximum absolute atomic E-state index is 11.3. The molecular formula is C9H17NO4S. The van der Waals surface area contributed by atoms with Crippen LogP contribution in [0.15, 0.2) is 0 Å². The van der Waals surface area contributed by atoms with E-state index < -0.39 is 21.5 Å². The molecule has 88 valence electrons.